The molecule has 0 amide bonds. The van der Waals surface area contributed by atoms with Gasteiger partial charge in [-0.2, -0.15) is 0 Å². The van der Waals surface area contributed by atoms with E-state index in [-0.39, 0.29) is 114 Å². The van der Waals surface area contributed by atoms with E-state index in [9.17, 15) is 53.3 Å². The molecule has 0 aliphatic carbocycles. The first-order valence-corrected chi connectivity index (χ1v) is 22.4. The molecule has 0 fully saturated rings. The Balaban J connectivity index is -0.000000160. The topological polar surface area (TPSA) is 283 Å². The van der Waals surface area contributed by atoms with Gasteiger partial charge in [0.15, 0.2) is 0 Å². The summed E-state index contributed by atoms with van der Waals surface area (Å²) in [6.07, 6.45) is 21.0. The normalized spacial score (nSPS) is 11.5. The average molecular weight is 863 g/mol. The number of hydrogen-bond donors (Lipinski definition) is 3. The van der Waals surface area contributed by atoms with Crippen LogP contribution in [-0.4, -0.2) is 88.9 Å². The van der Waals surface area contributed by atoms with Gasteiger partial charge in [0.2, 0.25) is 0 Å². The summed E-state index contributed by atoms with van der Waals surface area (Å²) in [6.45, 7) is 3.66. The minimum absolute atomic E-state index is 0. The predicted octanol–water partition coefficient (Wildman–Crippen LogP) is -2.83. The van der Waals surface area contributed by atoms with Crippen LogP contribution in [-0.2, 0) is 44.7 Å². The van der Waals surface area contributed by atoms with Gasteiger partial charge in [0.05, 0.1) is 41.4 Å². The van der Waals surface area contributed by atoms with Crippen LogP contribution in [0, 0.1) is 0 Å². The molecule has 1 atom stereocenters. The zero-order valence-electron chi connectivity index (χ0n) is 32.9. The van der Waals surface area contributed by atoms with Gasteiger partial charge in [-0.15, -0.1) is 6.58 Å². The zero-order chi connectivity index (χ0) is 39.6. The van der Waals surface area contributed by atoms with Crippen molar-refractivity contribution in [3.05, 3.63) is 12.7 Å². The Labute approximate surface area is 391 Å². The van der Waals surface area contributed by atoms with Crippen LogP contribution < -0.4 is 88.7 Å². The van der Waals surface area contributed by atoms with E-state index in [0.717, 1.165) is 83.5 Å². The number of allylic oxidation sites excluding steroid dienone is 1. The second-order valence-corrected chi connectivity index (χ2v) is 17.1. The largest absolute Gasteiger partial charge is 1.00 e. The molecule has 0 aliphatic rings. The van der Waals surface area contributed by atoms with Crippen molar-refractivity contribution in [2.75, 3.05) is 11.5 Å². The SMILES string of the molecule is C=CCCCCCCCCC(=O)O.O=C(O)CCCCCCCCC(CS(=O)(=O)[O-])S(=O)(=O)[O-].O=C(O)CCCCCCCCCCS(=O)(=O)[O-].[Na+].[Na+].[Na+]. The van der Waals surface area contributed by atoms with E-state index in [4.69, 9.17) is 15.3 Å². The van der Waals surface area contributed by atoms with E-state index in [1.54, 1.807) is 0 Å². The summed E-state index contributed by atoms with van der Waals surface area (Å²) in [5, 5.41) is 23.5. The number of carboxylic acids is 3. The molecular formula is C33H61Na3O15S3. The van der Waals surface area contributed by atoms with E-state index >= 15 is 0 Å². The molecule has 21 heteroatoms. The first kappa shape index (κ1) is 66.7. The van der Waals surface area contributed by atoms with Crippen LogP contribution in [0.15, 0.2) is 12.7 Å². The molecule has 0 heterocycles. The van der Waals surface area contributed by atoms with Crippen molar-refractivity contribution in [2.24, 2.45) is 0 Å². The van der Waals surface area contributed by atoms with Crippen LogP contribution in [0.3, 0.4) is 0 Å². The van der Waals surface area contributed by atoms with Crippen LogP contribution in [0.5, 0.6) is 0 Å². The van der Waals surface area contributed by atoms with Gasteiger partial charge in [0, 0.05) is 25.0 Å². The van der Waals surface area contributed by atoms with Crippen molar-refractivity contribution < 1.29 is 157 Å². The molecule has 3 N–H and O–H groups in total. The van der Waals surface area contributed by atoms with Crippen LogP contribution in [0.25, 0.3) is 0 Å². The smallest absolute Gasteiger partial charge is 0.748 e. The summed E-state index contributed by atoms with van der Waals surface area (Å²) in [4.78, 5) is 30.6. The minimum Gasteiger partial charge on any atom is -0.748 e. The van der Waals surface area contributed by atoms with E-state index in [1.165, 1.54) is 25.7 Å². The second-order valence-electron chi connectivity index (χ2n) is 12.5. The van der Waals surface area contributed by atoms with Gasteiger partial charge in [0.1, 0.15) is 0 Å². The molecule has 304 valence electrons. The molecule has 0 rings (SSSR count). The zero-order valence-corrected chi connectivity index (χ0v) is 41.4. The number of rotatable bonds is 32. The molecule has 0 aromatic heterocycles. The van der Waals surface area contributed by atoms with E-state index < -0.39 is 59.3 Å². The Kier molecular flexibility index (Phi) is 53.7. The molecule has 0 bridgehead atoms. The standard InChI is InChI=1S/C11H22O8S2.C11H22O5S.C11H20O2.3Na/c12-11(13)8-6-4-2-1-3-5-7-10(21(17,18)19)9-20(14,15)16;12-11(13)9-7-5-3-1-2-4-6-8-10-17(14,15)16;1-2-3-4-5-6-7-8-9-10-11(12)13;;;/h10H,1-9H2,(H,12,13)(H,14,15,16)(H,17,18,19);1-10H2,(H,12,13)(H,14,15,16);2H,1,3-10H2,(H,12,13);;;/q;;;3*+1/p-3. The van der Waals surface area contributed by atoms with Gasteiger partial charge in [0.25, 0.3) is 0 Å². The van der Waals surface area contributed by atoms with Crippen LogP contribution in [0.2, 0.25) is 0 Å². The Morgan fingerprint density at radius 2 is 0.778 bits per heavy atom. The van der Waals surface area contributed by atoms with Crippen molar-refractivity contribution in [2.45, 2.75) is 166 Å². The number of carboxylic acid groups (broad SMARTS) is 3. The third kappa shape index (κ3) is 64.8. The van der Waals surface area contributed by atoms with Crippen molar-refractivity contribution in [3.8, 4) is 0 Å². The maximum absolute atomic E-state index is 10.9. The second kappa shape index (κ2) is 43.5. The first-order valence-electron chi connectivity index (χ1n) is 17.8. The minimum atomic E-state index is -4.80. The summed E-state index contributed by atoms with van der Waals surface area (Å²) >= 11 is 0. The number of carbonyl (C=O) groups is 3. The van der Waals surface area contributed by atoms with Gasteiger partial charge in [-0.3, -0.25) is 14.4 Å². The van der Waals surface area contributed by atoms with Gasteiger partial charge in [-0.25, -0.2) is 25.3 Å². The molecule has 15 nitrogen and oxygen atoms in total. The van der Waals surface area contributed by atoms with Crippen LogP contribution in [0.1, 0.15) is 161 Å². The molecule has 0 saturated heterocycles. The summed E-state index contributed by atoms with van der Waals surface area (Å²) in [5.41, 5.74) is 0. The van der Waals surface area contributed by atoms with E-state index in [2.05, 4.69) is 6.58 Å². The Bertz CT molecular complexity index is 1250. The van der Waals surface area contributed by atoms with Crippen molar-refractivity contribution in [1.29, 1.82) is 0 Å². The molecule has 0 aromatic rings. The van der Waals surface area contributed by atoms with Crippen molar-refractivity contribution in [3.63, 3.8) is 0 Å². The Hall–Kier alpha value is 0.880. The molecule has 0 spiro atoms. The van der Waals surface area contributed by atoms with Crippen molar-refractivity contribution >= 4 is 48.3 Å². The maximum Gasteiger partial charge on any atom is 1.00 e. The van der Waals surface area contributed by atoms with Gasteiger partial charge in [-0.05, 0) is 44.9 Å². The quantitative estimate of drug-likeness (QED) is 0.0266. The average Bonchev–Trinajstić information content (AvgIpc) is 2.99. The molecule has 0 aliphatic heterocycles. The molecule has 0 radical (unpaired) electrons. The summed E-state index contributed by atoms with van der Waals surface area (Å²) in [7, 11) is -13.6. The van der Waals surface area contributed by atoms with Gasteiger partial charge >= 0.3 is 107 Å². The third-order valence-electron chi connectivity index (χ3n) is 7.55. The van der Waals surface area contributed by atoms with E-state index in [1.807, 2.05) is 6.08 Å². The molecule has 1 unspecified atom stereocenters. The molecule has 0 saturated carbocycles. The molecule has 0 aromatic carbocycles. The number of aliphatic carboxylic acids is 3. The van der Waals surface area contributed by atoms with Crippen LogP contribution >= 0.6 is 0 Å². The summed E-state index contributed by atoms with van der Waals surface area (Å²) in [5.74, 6) is -3.71. The first-order chi connectivity index (χ1) is 23.7. The fourth-order valence-corrected chi connectivity index (χ4v) is 7.58. The monoisotopic (exact) mass is 862 g/mol. The molecular weight excluding hydrogens is 802 g/mol. The third-order valence-corrected chi connectivity index (χ3v) is 10.6. The maximum atomic E-state index is 10.9. The summed E-state index contributed by atoms with van der Waals surface area (Å²) < 4.78 is 95.1. The number of unbranched alkanes of at least 4 members (excludes halogenated alkanes) is 18. The Morgan fingerprint density at radius 1 is 0.481 bits per heavy atom. The fourth-order valence-electron chi connectivity index (χ4n) is 4.78. The van der Waals surface area contributed by atoms with Crippen molar-refractivity contribution in [1.82, 2.24) is 0 Å². The van der Waals surface area contributed by atoms with E-state index in [0.29, 0.717) is 32.1 Å². The number of hydrogen-bond acceptors (Lipinski definition) is 12. The predicted molar refractivity (Wildman–Crippen MR) is 191 cm³/mol. The van der Waals surface area contributed by atoms with Gasteiger partial charge in [-0.1, -0.05) is 102 Å². The van der Waals surface area contributed by atoms with Crippen LogP contribution in [0.4, 0.5) is 0 Å². The molecule has 54 heavy (non-hydrogen) atoms. The Morgan fingerprint density at radius 3 is 1.06 bits per heavy atom. The van der Waals surface area contributed by atoms with Gasteiger partial charge < -0.3 is 29.0 Å². The summed E-state index contributed by atoms with van der Waals surface area (Å²) in [6, 6.07) is 0. The fraction of sp³-hybridized carbons (Fsp3) is 0.848.